The molecule has 56 valence electrons. The van der Waals surface area contributed by atoms with Gasteiger partial charge in [-0.1, -0.05) is 22.5 Å². The highest BCUT2D eigenvalue weighted by Gasteiger charge is 2.33. The smallest absolute Gasteiger partial charge is 0.0177 e. The van der Waals surface area contributed by atoms with Crippen molar-refractivity contribution in [2.24, 2.45) is 5.92 Å². The van der Waals surface area contributed by atoms with Crippen molar-refractivity contribution >= 4 is 15.9 Å². The Labute approximate surface area is 71.1 Å². The molecule has 0 aromatic heterocycles. The fourth-order valence-electron chi connectivity index (χ4n) is 1.09. The molecule has 0 saturated heterocycles. The Balaban J connectivity index is 1.91. The van der Waals surface area contributed by atoms with Gasteiger partial charge < -0.3 is 0 Å². The van der Waals surface area contributed by atoms with E-state index in [1.54, 1.807) is 0 Å². The lowest BCUT2D eigenvalue weighted by Crippen LogP contribution is -1.79. The van der Waals surface area contributed by atoms with E-state index >= 15 is 0 Å². The lowest BCUT2D eigenvalue weighted by Gasteiger charge is -1.91. The van der Waals surface area contributed by atoms with E-state index in [2.05, 4.69) is 28.2 Å². The summed E-state index contributed by atoms with van der Waals surface area (Å²) in [7, 11) is 0. The molecule has 0 heterocycles. The van der Waals surface area contributed by atoms with Crippen LogP contribution < -0.4 is 0 Å². The molecule has 1 heteroatoms. The molecule has 2 atom stereocenters. The SMILES string of the molecule is C=C=CCCCC1CC1Br. The van der Waals surface area contributed by atoms with E-state index < -0.39 is 0 Å². The Morgan fingerprint density at radius 2 is 2.40 bits per heavy atom. The maximum atomic E-state index is 3.58. The van der Waals surface area contributed by atoms with Crippen LogP contribution >= 0.6 is 15.9 Å². The zero-order valence-corrected chi connectivity index (χ0v) is 7.73. The molecule has 0 aromatic carbocycles. The number of rotatable bonds is 4. The minimum atomic E-state index is 0.834. The molecule has 10 heavy (non-hydrogen) atoms. The van der Waals surface area contributed by atoms with Crippen molar-refractivity contribution < 1.29 is 0 Å². The van der Waals surface area contributed by atoms with Gasteiger partial charge in [0.05, 0.1) is 0 Å². The van der Waals surface area contributed by atoms with Crippen molar-refractivity contribution in [3.05, 3.63) is 18.4 Å². The number of allylic oxidation sites excluding steroid dienone is 1. The second-order valence-electron chi connectivity index (χ2n) is 2.85. The van der Waals surface area contributed by atoms with Crippen LogP contribution in [0.25, 0.3) is 0 Å². The average molecular weight is 201 g/mol. The molecule has 1 rings (SSSR count). The predicted molar refractivity (Wildman–Crippen MR) is 48.4 cm³/mol. The number of halogens is 1. The van der Waals surface area contributed by atoms with E-state index in [-0.39, 0.29) is 0 Å². The molecule has 0 spiro atoms. The maximum Gasteiger partial charge on any atom is 0.0177 e. The van der Waals surface area contributed by atoms with Gasteiger partial charge >= 0.3 is 0 Å². The molecule has 0 aliphatic heterocycles. The first-order valence-electron chi connectivity index (χ1n) is 3.83. The Bertz CT molecular complexity index is 145. The topological polar surface area (TPSA) is 0 Å². The maximum absolute atomic E-state index is 3.58. The zero-order valence-electron chi connectivity index (χ0n) is 6.15. The van der Waals surface area contributed by atoms with Crippen molar-refractivity contribution in [2.45, 2.75) is 30.5 Å². The van der Waals surface area contributed by atoms with Gasteiger partial charge in [0.15, 0.2) is 0 Å². The predicted octanol–water partition coefficient (Wildman–Crippen LogP) is 3.28. The summed E-state index contributed by atoms with van der Waals surface area (Å²) >= 11 is 3.58. The van der Waals surface area contributed by atoms with Gasteiger partial charge in [-0.05, 0) is 37.7 Å². The second-order valence-corrected chi connectivity index (χ2v) is 4.03. The summed E-state index contributed by atoms with van der Waals surface area (Å²) in [6.07, 6.45) is 7.23. The molecule has 1 aliphatic rings. The molecule has 2 unspecified atom stereocenters. The highest BCUT2D eigenvalue weighted by molar-refractivity contribution is 9.09. The van der Waals surface area contributed by atoms with E-state index in [1.165, 1.54) is 19.3 Å². The first kappa shape index (κ1) is 8.10. The van der Waals surface area contributed by atoms with Crippen LogP contribution in [0.2, 0.25) is 0 Å². The monoisotopic (exact) mass is 200 g/mol. The fourth-order valence-corrected chi connectivity index (χ4v) is 1.84. The highest BCUT2D eigenvalue weighted by atomic mass is 79.9. The molecular weight excluding hydrogens is 188 g/mol. The van der Waals surface area contributed by atoms with Crippen molar-refractivity contribution in [3.63, 3.8) is 0 Å². The van der Waals surface area contributed by atoms with Gasteiger partial charge in [0.2, 0.25) is 0 Å². The quantitative estimate of drug-likeness (QED) is 0.372. The Kier molecular flexibility index (Phi) is 3.24. The largest absolute Gasteiger partial charge is 0.133 e. The third-order valence-electron chi connectivity index (χ3n) is 1.90. The van der Waals surface area contributed by atoms with Crippen LogP contribution in [0.4, 0.5) is 0 Å². The van der Waals surface area contributed by atoms with Crippen LogP contribution in [0.5, 0.6) is 0 Å². The summed E-state index contributed by atoms with van der Waals surface area (Å²) in [4.78, 5) is 0.834. The molecule has 0 N–H and O–H groups in total. The third kappa shape index (κ3) is 2.72. The molecule has 1 aliphatic carbocycles. The van der Waals surface area contributed by atoms with Gasteiger partial charge in [0.25, 0.3) is 0 Å². The van der Waals surface area contributed by atoms with Crippen molar-refractivity contribution in [2.75, 3.05) is 0 Å². The molecular formula is C9H13Br. The average Bonchev–Trinajstić information content (AvgIpc) is 2.60. The molecule has 0 nitrogen and oxygen atoms in total. The summed E-state index contributed by atoms with van der Waals surface area (Å²) in [5.74, 6) is 0.971. The Hall–Kier alpha value is 0. The minimum Gasteiger partial charge on any atom is -0.133 e. The summed E-state index contributed by atoms with van der Waals surface area (Å²) in [6, 6.07) is 0. The van der Waals surface area contributed by atoms with Crippen LogP contribution in [0, 0.1) is 5.92 Å². The van der Waals surface area contributed by atoms with Crippen LogP contribution in [0.1, 0.15) is 25.7 Å². The second kappa shape index (κ2) is 4.00. The van der Waals surface area contributed by atoms with Gasteiger partial charge in [0, 0.05) is 4.83 Å². The van der Waals surface area contributed by atoms with Gasteiger partial charge in [-0.3, -0.25) is 0 Å². The molecule has 0 radical (unpaired) electrons. The molecule has 0 aromatic rings. The summed E-state index contributed by atoms with van der Waals surface area (Å²) in [5.41, 5.74) is 2.79. The van der Waals surface area contributed by atoms with Gasteiger partial charge in [0.1, 0.15) is 0 Å². The summed E-state index contributed by atoms with van der Waals surface area (Å²) in [5, 5.41) is 0. The normalized spacial score (nSPS) is 29.3. The third-order valence-corrected chi connectivity index (χ3v) is 3.03. The number of unbranched alkanes of at least 4 members (excludes halogenated alkanes) is 1. The minimum absolute atomic E-state index is 0.834. The van der Waals surface area contributed by atoms with E-state index in [4.69, 9.17) is 0 Å². The van der Waals surface area contributed by atoms with Crippen LogP contribution in [0.3, 0.4) is 0 Å². The van der Waals surface area contributed by atoms with Crippen LogP contribution in [-0.4, -0.2) is 4.83 Å². The lowest BCUT2D eigenvalue weighted by molar-refractivity contribution is 0.679. The Morgan fingerprint density at radius 3 is 2.90 bits per heavy atom. The highest BCUT2D eigenvalue weighted by Crippen LogP contribution is 2.41. The fraction of sp³-hybridized carbons (Fsp3) is 0.667. The molecule has 0 amide bonds. The molecule has 1 saturated carbocycles. The van der Waals surface area contributed by atoms with Crippen LogP contribution in [-0.2, 0) is 0 Å². The first-order chi connectivity index (χ1) is 4.84. The van der Waals surface area contributed by atoms with E-state index in [1.807, 2.05) is 6.08 Å². The Morgan fingerprint density at radius 1 is 1.70 bits per heavy atom. The van der Waals surface area contributed by atoms with Crippen molar-refractivity contribution in [3.8, 4) is 0 Å². The number of hydrogen-bond acceptors (Lipinski definition) is 0. The summed E-state index contributed by atoms with van der Waals surface area (Å²) in [6.45, 7) is 3.52. The standard InChI is InChI=1S/C9H13Br/c1-2-3-4-5-6-8-7-9(8)10/h3,8-9H,1,4-7H2. The van der Waals surface area contributed by atoms with Gasteiger partial charge in [-0.25, -0.2) is 0 Å². The van der Waals surface area contributed by atoms with Crippen molar-refractivity contribution in [1.29, 1.82) is 0 Å². The lowest BCUT2D eigenvalue weighted by atomic mass is 10.2. The zero-order chi connectivity index (χ0) is 7.40. The van der Waals surface area contributed by atoms with Crippen LogP contribution in [0.15, 0.2) is 18.4 Å². The van der Waals surface area contributed by atoms with Gasteiger partial charge in [-0.15, -0.1) is 5.73 Å². The van der Waals surface area contributed by atoms with E-state index in [0.29, 0.717) is 0 Å². The first-order valence-corrected chi connectivity index (χ1v) is 4.74. The van der Waals surface area contributed by atoms with E-state index in [9.17, 15) is 0 Å². The molecule has 0 bridgehead atoms. The number of alkyl halides is 1. The summed E-state index contributed by atoms with van der Waals surface area (Å²) < 4.78 is 0. The van der Waals surface area contributed by atoms with Gasteiger partial charge in [-0.2, -0.15) is 0 Å². The van der Waals surface area contributed by atoms with Crippen molar-refractivity contribution in [1.82, 2.24) is 0 Å². The molecule has 1 fully saturated rings. The van der Waals surface area contributed by atoms with E-state index in [0.717, 1.165) is 17.2 Å². The number of hydrogen-bond donors (Lipinski definition) is 0.